The van der Waals surface area contributed by atoms with Gasteiger partial charge in [-0.3, -0.25) is 9.59 Å². The Morgan fingerprint density at radius 3 is 2.26 bits per heavy atom. The first kappa shape index (κ1) is 16.7. The van der Waals surface area contributed by atoms with Gasteiger partial charge in [-0.25, -0.2) is 0 Å². The van der Waals surface area contributed by atoms with Gasteiger partial charge >= 0.3 is 0 Å². The SMILES string of the molecule is CC(=O)Nc1cccc(NC(=O)CNC(C)c2ccccc2)c1. The lowest BCUT2D eigenvalue weighted by molar-refractivity contribution is -0.115. The van der Waals surface area contributed by atoms with Crippen molar-refractivity contribution in [2.75, 3.05) is 17.2 Å². The number of carbonyl (C=O) groups excluding carboxylic acids is 2. The fourth-order valence-electron chi connectivity index (χ4n) is 2.19. The van der Waals surface area contributed by atoms with Crippen molar-refractivity contribution in [1.82, 2.24) is 5.32 Å². The van der Waals surface area contributed by atoms with E-state index in [4.69, 9.17) is 0 Å². The molecular weight excluding hydrogens is 290 g/mol. The standard InChI is InChI=1S/C18H21N3O2/c1-13(15-7-4-3-5-8-15)19-12-18(23)21-17-10-6-9-16(11-17)20-14(2)22/h3-11,13,19H,12H2,1-2H3,(H,20,22)(H,21,23). The molecule has 0 bridgehead atoms. The van der Waals surface area contributed by atoms with E-state index in [9.17, 15) is 9.59 Å². The molecule has 0 aliphatic carbocycles. The predicted octanol–water partition coefficient (Wildman–Crippen LogP) is 2.93. The molecule has 0 spiro atoms. The molecule has 23 heavy (non-hydrogen) atoms. The van der Waals surface area contributed by atoms with Crippen LogP contribution in [0.3, 0.4) is 0 Å². The summed E-state index contributed by atoms with van der Waals surface area (Å²) < 4.78 is 0. The molecule has 5 nitrogen and oxygen atoms in total. The van der Waals surface area contributed by atoms with Gasteiger partial charge in [0.05, 0.1) is 6.54 Å². The zero-order valence-electron chi connectivity index (χ0n) is 13.3. The van der Waals surface area contributed by atoms with Crippen LogP contribution >= 0.6 is 0 Å². The van der Waals surface area contributed by atoms with E-state index >= 15 is 0 Å². The second-order valence-corrected chi connectivity index (χ2v) is 5.32. The summed E-state index contributed by atoms with van der Waals surface area (Å²) in [5.74, 6) is -0.278. The van der Waals surface area contributed by atoms with E-state index in [0.29, 0.717) is 11.4 Å². The lowest BCUT2D eigenvalue weighted by atomic mass is 10.1. The molecule has 1 atom stereocenters. The summed E-state index contributed by atoms with van der Waals surface area (Å²) in [5.41, 5.74) is 2.43. The molecule has 0 saturated heterocycles. The third kappa shape index (κ3) is 5.56. The maximum absolute atomic E-state index is 12.0. The first-order chi connectivity index (χ1) is 11.0. The predicted molar refractivity (Wildman–Crippen MR) is 92.2 cm³/mol. The maximum Gasteiger partial charge on any atom is 0.238 e. The van der Waals surface area contributed by atoms with Gasteiger partial charge in [-0.05, 0) is 30.7 Å². The van der Waals surface area contributed by atoms with Crippen molar-refractivity contribution in [1.29, 1.82) is 0 Å². The van der Waals surface area contributed by atoms with Crippen LogP contribution < -0.4 is 16.0 Å². The van der Waals surface area contributed by atoms with Gasteiger partial charge < -0.3 is 16.0 Å². The summed E-state index contributed by atoms with van der Waals surface area (Å²) in [4.78, 5) is 23.1. The van der Waals surface area contributed by atoms with Crippen LogP contribution in [0.2, 0.25) is 0 Å². The highest BCUT2D eigenvalue weighted by Crippen LogP contribution is 2.15. The van der Waals surface area contributed by atoms with Crippen molar-refractivity contribution in [3.63, 3.8) is 0 Å². The first-order valence-corrected chi connectivity index (χ1v) is 7.50. The minimum atomic E-state index is -0.146. The highest BCUT2D eigenvalue weighted by molar-refractivity contribution is 5.94. The molecule has 0 saturated carbocycles. The van der Waals surface area contributed by atoms with Gasteiger partial charge in [0, 0.05) is 24.3 Å². The van der Waals surface area contributed by atoms with Crippen LogP contribution in [0.15, 0.2) is 54.6 Å². The zero-order chi connectivity index (χ0) is 16.7. The molecule has 3 N–H and O–H groups in total. The van der Waals surface area contributed by atoms with Gasteiger partial charge in [0.2, 0.25) is 11.8 Å². The molecule has 0 aliphatic heterocycles. The highest BCUT2D eigenvalue weighted by atomic mass is 16.2. The Labute approximate surface area is 136 Å². The van der Waals surface area contributed by atoms with Crippen LogP contribution in [0.5, 0.6) is 0 Å². The van der Waals surface area contributed by atoms with Crippen LogP contribution in [-0.2, 0) is 9.59 Å². The molecule has 120 valence electrons. The lowest BCUT2D eigenvalue weighted by Gasteiger charge is -2.14. The molecule has 0 heterocycles. The molecular formula is C18H21N3O2. The number of carbonyl (C=O) groups is 2. The fraction of sp³-hybridized carbons (Fsp3) is 0.222. The summed E-state index contributed by atoms with van der Waals surface area (Å²) in [6.07, 6.45) is 0. The van der Waals surface area contributed by atoms with Crippen LogP contribution in [0.1, 0.15) is 25.5 Å². The lowest BCUT2D eigenvalue weighted by Crippen LogP contribution is -2.30. The number of amides is 2. The number of rotatable bonds is 6. The monoisotopic (exact) mass is 311 g/mol. The third-order valence-corrected chi connectivity index (χ3v) is 3.34. The number of benzene rings is 2. The number of hydrogen-bond acceptors (Lipinski definition) is 3. The van der Waals surface area contributed by atoms with E-state index < -0.39 is 0 Å². The Morgan fingerprint density at radius 1 is 0.957 bits per heavy atom. The van der Waals surface area contributed by atoms with Crippen LogP contribution in [0.25, 0.3) is 0 Å². The summed E-state index contributed by atoms with van der Waals surface area (Å²) >= 11 is 0. The summed E-state index contributed by atoms with van der Waals surface area (Å²) in [6, 6.07) is 17.1. The summed E-state index contributed by atoms with van der Waals surface area (Å²) in [6.45, 7) is 3.67. The van der Waals surface area contributed by atoms with Crippen molar-refractivity contribution in [2.45, 2.75) is 19.9 Å². The molecule has 0 aliphatic rings. The topological polar surface area (TPSA) is 70.2 Å². The minimum Gasteiger partial charge on any atom is -0.326 e. The number of hydrogen-bond donors (Lipinski definition) is 3. The summed E-state index contributed by atoms with van der Waals surface area (Å²) in [5, 5.41) is 8.68. The second-order valence-electron chi connectivity index (χ2n) is 5.32. The Balaban J connectivity index is 1.86. The van der Waals surface area contributed by atoms with Gasteiger partial charge in [-0.2, -0.15) is 0 Å². The number of nitrogens with one attached hydrogen (secondary N) is 3. The van der Waals surface area contributed by atoms with E-state index in [0.717, 1.165) is 5.56 Å². The van der Waals surface area contributed by atoms with E-state index in [1.54, 1.807) is 24.3 Å². The number of anilines is 2. The van der Waals surface area contributed by atoms with Crippen LogP contribution in [0.4, 0.5) is 11.4 Å². The van der Waals surface area contributed by atoms with Crippen molar-refractivity contribution in [3.05, 3.63) is 60.2 Å². The molecule has 2 amide bonds. The summed E-state index contributed by atoms with van der Waals surface area (Å²) in [7, 11) is 0. The Hall–Kier alpha value is -2.66. The highest BCUT2D eigenvalue weighted by Gasteiger charge is 2.08. The van der Waals surface area contributed by atoms with Crippen LogP contribution in [-0.4, -0.2) is 18.4 Å². The van der Waals surface area contributed by atoms with Gasteiger partial charge in [0.25, 0.3) is 0 Å². The molecule has 2 aromatic carbocycles. The Kier molecular flexibility index (Phi) is 5.88. The fourth-order valence-corrected chi connectivity index (χ4v) is 2.19. The van der Waals surface area contributed by atoms with Crippen molar-refractivity contribution in [3.8, 4) is 0 Å². The molecule has 1 unspecified atom stereocenters. The molecule has 2 rings (SSSR count). The smallest absolute Gasteiger partial charge is 0.238 e. The maximum atomic E-state index is 12.0. The average Bonchev–Trinajstić information content (AvgIpc) is 2.53. The largest absolute Gasteiger partial charge is 0.326 e. The van der Waals surface area contributed by atoms with Crippen LogP contribution in [0, 0.1) is 0 Å². The Morgan fingerprint density at radius 2 is 1.61 bits per heavy atom. The molecule has 0 aromatic heterocycles. The quantitative estimate of drug-likeness (QED) is 0.768. The molecule has 5 heteroatoms. The average molecular weight is 311 g/mol. The Bertz CT molecular complexity index is 671. The van der Waals surface area contributed by atoms with Gasteiger partial charge in [0.1, 0.15) is 0 Å². The third-order valence-electron chi connectivity index (χ3n) is 3.34. The molecule has 0 fully saturated rings. The zero-order valence-corrected chi connectivity index (χ0v) is 13.3. The van der Waals surface area contributed by atoms with Gasteiger partial charge in [0.15, 0.2) is 0 Å². The van der Waals surface area contributed by atoms with Crippen molar-refractivity contribution in [2.24, 2.45) is 0 Å². The second kappa shape index (κ2) is 8.10. The van der Waals surface area contributed by atoms with Crippen molar-refractivity contribution >= 4 is 23.2 Å². The van der Waals surface area contributed by atoms with Crippen molar-refractivity contribution < 1.29 is 9.59 Å². The van der Waals surface area contributed by atoms with E-state index in [2.05, 4.69) is 16.0 Å². The first-order valence-electron chi connectivity index (χ1n) is 7.50. The molecule has 2 aromatic rings. The normalized spacial score (nSPS) is 11.6. The molecule has 0 radical (unpaired) electrons. The minimum absolute atomic E-state index is 0.0904. The van der Waals surface area contributed by atoms with E-state index in [1.165, 1.54) is 6.92 Å². The van der Waals surface area contributed by atoms with E-state index in [1.807, 2.05) is 37.3 Å². The van der Waals surface area contributed by atoms with Gasteiger partial charge in [-0.1, -0.05) is 36.4 Å². The van der Waals surface area contributed by atoms with E-state index in [-0.39, 0.29) is 24.4 Å². The van der Waals surface area contributed by atoms with Gasteiger partial charge in [-0.15, -0.1) is 0 Å².